The summed E-state index contributed by atoms with van der Waals surface area (Å²) in [5, 5.41) is 14.7. The Kier molecular flexibility index (Phi) is 6.28. The number of nitrogens with zero attached hydrogens (tertiary/aromatic N) is 2. The van der Waals surface area contributed by atoms with E-state index in [1.165, 1.54) is 37.4 Å². The minimum atomic E-state index is -3.77. The molecule has 0 radical (unpaired) electrons. The summed E-state index contributed by atoms with van der Waals surface area (Å²) >= 11 is 0. The Bertz CT molecular complexity index is 1400. The van der Waals surface area contributed by atoms with Gasteiger partial charge in [0, 0.05) is 29.9 Å². The van der Waals surface area contributed by atoms with Gasteiger partial charge in [0.25, 0.3) is 0 Å². The predicted octanol–water partition coefficient (Wildman–Crippen LogP) is 4.65. The van der Waals surface area contributed by atoms with E-state index in [4.69, 9.17) is 14.6 Å². The number of hydrogen-bond donors (Lipinski definition) is 1. The molecule has 0 aromatic heterocycles. The number of sulfonamides is 1. The van der Waals surface area contributed by atoms with E-state index in [0.717, 1.165) is 16.9 Å². The Morgan fingerprint density at radius 3 is 2.47 bits per heavy atom. The highest BCUT2D eigenvalue weighted by atomic mass is 32.2. The molecule has 3 aromatic carbocycles. The monoisotopic (exact) mass is 479 g/mol. The molecule has 1 aliphatic rings. The summed E-state index contributed by atoms with van der Waals surface area (Å²) in [4.78, 5) is 2.06. The minimum absolute atomic E-state index is 0.0442. The lowest BCUT2D eigenvalue weighted by molar-refractivity contribution is 0.375. The standard InChI is InChI=1S/C25H22FN3O4S/c1-16-11-19(15-29(16)21-6-8-22(9-7-21)34(28,30)31)17-3-4-18(14-27)24(12-17)33-23-10-5-20(26)13-25(23)32-2/h3-10,12-13,19H,1,11,15H2,2H3,(H2,28,30,31)/t19-/m0/s1. The van der Waals surface area contributed by atoms with Crippen LogP contribution in [0.15, 0.2) is 77.8 Å². The number of halogens is 1. The third kappa shape index (κ3) is 4.73. The topological polar surface area (TPSA) is 106 Å². The smallest absolute Gasteiger partial charge is 0.238 e. The summed E-state index contributed by atoms with van der Waals surface area (Å²) in [7, 11) is -2.35. The van der Waals surface area contributed by atoms with Crippen LogP contribution in [0.25, 0.3) is 0 Å². The molecular weight excluding hydrogens is 457 g/mol. The summed E-state index contributed by atoms with van der Waals surface area (Å²) in [5.74, 6) is 0.463. The van der Waals surface area contributed by atoms with Crippen LogP contribution < -0.4 is 19.5 Å². The average molecular weight is 480 g/mol. The van der Waals surface area contributed by atoms with Gasteiger partial charge in [-0.2, -0.15) is 5.26 Å². The molecule has 1 saturated heterocycles. The molecule has 1 heterocycles. The van der Waals surface area contributed by atoms with Crippen LogP contribution >= 0.6 is 0 Å². The van der Waals surface area contributed by atoms with Crippen molar-refractivity contribution >= 4 is 15.7 Å². The SMILES string of the molecule is C=C1C[C@H](c2ccc(C#N)c(Oc3ccc(F)cc3OC)c2)CN1c1ccc(S(N)(=O)=O)cc1. The fraction of sp³-hybridized carbons (Fsp3) is 0.160. The molecule has 1 fully saturated rings. The molecule has 1 atom stereocenters. The zero-order valence-electron chi connectivity index (χ0n) is 18.4. The molecule has 2 N–H and O–H groups in total. The molecule has 0 aliphatic carbocycles. The molecule has 0 unspecified atom stereocenters. The average Bonchev–Trinajstić information content (AvgIpc) is 3.21. The Morgan fingerprint density at radius 1 is 1.09 bits per heavy atom. The molecule has 34 heavy (non-hydrogen) atoms. The van der Waals surface area contributed by atoms with Crippen LogP contribution in [-0.4, -0.2) is 22.1 Å². The number of primary sulfonamides is 1. The van der Waals surface area contributed by atoms with Crippen LogP contribution in [0.4, 0.5) is 10.1 Å². The second-order valence-corrected chi connectivity index (χ2v) is 9.44. The summed E-state index contributed by atoms with van der Waals surface area (Å²) in [6.45, 7) is 4.77. The number of nitriles is 1. The lowest BCUT2D eigenvalue weighted by Gasteiger charge is -2.20. The summed E-state index contributed by atoms with van der Waals surface area (Å²) in [6, 6.07) is 17.7. The third-order valence-corrected chi connectivity index (χ3v) is 6.62. The van der Waals surface area contributed by atoms with Crippen molar-refractivity contribution < 1.29 is 22.3 Å². The third-order valence-electron chi connectivity index (χ3n) is 5.69. The second kappa shape index (κ2) is 9.17. The van der Waals surface area contributed by atoms with Crippen LogP contribution in [0.1, 0.15) is 23.5 Å². The Morgan fingerprint density at radius 2 is 1.82 bits per heavy atom. The first-order valence-electron chi connectivity index (χ1n) is 10.3. The van der Waals surface area contributed by atoms with Crippen LogP contribution in [-0.2, 0) is 10.0 Å². The number of rotatable bonds is 6. The van der Waals surface area contributed by atoms with Gasteiger partial charge in [0.15, 0.2) is 11.5 Å². The fourth-order valence-electron chi connectivity index (χ4n) is 3.95. The first-order valence-corrected chi connectivity index (χ1v) is 11.9. The van der Waals surface area contributed by atoms with Crippen LogP contribution in [0.3, 0.4) is 0 Å². The second-order valence-electron chi connectivity index (χ2n) is 7.88. The molecule has 9 heteroatoms. The van der Waals surface area contributed by atoms with E-state index in [2.05, 4.69) is 12.6 Å². The first kappa shape index (κ1) is 23.3. The maximum Gasteiger partial charge on any atom is 0.238 e. The molecule has 3 aromatic rings. The van der Waals surface area contributed by atoms with Crippen molar-refractivity contribution in [3.8, 4) is 23.3 Å². The van der Waals surface area contributed by atoms with Crippen molar-refractivity contribution in [2.24, 2.45) is 5.14 Å². The van der Waals surface area contributed by atoms with Gasteiger partial charge in [-0.05, 0) is 60.5 Å². The number of benzene rings is 3. The van der Waals surface area contributed by atoms with E-state index in [1.54, 1.807) is 24.3 Å². The number of methoxy groups -OCH3 is 1. The van der Waals surface area contributed by atoms with Gasteiger partial charge in [-0.25, -0.2) is 17.9 Å². The van der Waals surface area contributed by atoms with Crippen molar-refractivity contribution in [3.05, 3.63) is 89.9 Å². The van der Waals surface area contributed by atoms with Gasteiger partial charge in [0.2, 0.25) is 10.0 Å². The largest absolute Gasteiger partial charge is 0.493 e. The Balaban J connectivity index is 1.59. The number of anilines is 1. The highest BCUT2D eigenvalue weighted by Crippen LogP contribution is 2.40. The number of allylic oxidation sites excluding steroid dienone is 1. The van der Waals surface area contributed by atoms with E-state index in [1.807, 2.05) is 11.0 Å². The molecule has 0 spiro atoms. The van der Waals surface area contributed by atoms with Gasteiger partial charge in [-0.1, -0.05) is 12.6 Å². The lowest BCUT2D eigenvalue weighted by atomic mass is 9.96. The molecule has 4 rings (SSSR count). The highest BCUT2D eigenvalue weighted by Gasteiger charge is 2.28. The molecule has 1 aliphatic heterocycles. The molecule has 0 amide bonds. The van der Waals surface area contributed by atoms with Gasteiger partial charge >= 0.3 is 0 Å². The van der Waals surface area contributed by atoms with Crippen molar-refractivity contribution in [3.63, 3.8) is 0 Å². The van der Waals surface area contributed by atoms with Crippen molar-refractivity contribution in [1.82, 2.24) is 0 Å². The maximum absolute atomic E-state index is 13.5. The molecule has 0 bridgehead atoms. The molecule has 7 nitrogen and oxygen atoms in total. The van der Waals surface area contributed by atoms with Crippen LogP contribution in [0, 0.1) is 17.1 Å². The van der Waals surface area contributed by atoms with Gasteiger partial charge in [-0.3, -0.25) is 0 Å². The Labute approximate surface area is 197 Å². The highest BCUT2D eigenvalue weighted by molar-refractivity contribution is 7.89. The van der Waals surface area contributed by atoms with E-state index >= 15 is 0 Å². The van der Waals surface area contributed by atoms with Gasteiger partial charge in [0.1, 0.15) is 17.6 Å². The lowest BCUT2D eigenvalue weighted by Crippen LogP contribution is -2.18. The maximum atomic E-state index is 13.5. The number of hydrogen-bond acceptors (Lipinski definition) is 6. The molecule has 0 saturated carbocycles. The number of ether oxygens (including phenoxy) is 2. The summed E-state index contributed by atoms with van der Waals surface area (Å²) < 4.78 is 47.7. The van der Waals surface area contributed by atoms with Crippen LogP contribution in [0.2, 0.25) is 0 Å². The van der Waals surface area contributed by atoms with Crippen molar-refractivity contribution in [2.75, 3.05) is 18.6 Å². The predicted molar refractivity (Wildman–Crippen MR) is 126 cm³/mol. The van der Waals surface area contributed by atoms with Gasteiger partial charge in [-0.15, -0.1) is 0 Å². The molecule has 174 valence electrons. The van der Waals surface area contributed by atoms with Crippen molar-refractivity contribution in [2.45, 2.75) is 17.2 Å². The van der Waals surface area contributed by atoms with E-state index in [9.17, 15) is 18.1 Å². The zero-order valence-corrected chi connectivity index (χ0v) is 19.2. The quantitative estimate of drug-likeness (QED) is 0.552. The normalized spacial score (nSPS) is 15.8. The summed E-state index contributed by atoms with van der Waals surface area (Å²) in [6.07, 6.45) is 0.669. The minimum Gasteiger partial charge on any atom is -0.493 e. The zero-order chi connectivity index (χ0) is 24.5. The number of nitrogens with two attached hydrogens (primary N) is 1. The first-order chi connectivity index (χ1) is 16.2. The molecular formula is C25H22FN3O4S. The fourth-order valence-corrected chi connectivity index (χ4v) is 4.46. The van der Waals surface area contributed by atoms with Crippen molar-refractivity contribution in [1.29, 1.82) is 5.26 Å². The van der Waals surface area contributed by atoms with Gasteiger partial charge in [0.05, 0.1) is 17.6 Å². The van der Waals surface area contributed by atoms with E-state index in [0.29, 0.717) is 30.0 Å². The van der Waals surface area contributed by atoms with E-state index in [-0.39, 0.29) is 16.6 Å². The Hall–Kier alpha value is -3.87. The van der Waals surface area contributed by atoms with Crippen LogP contribution in [0.5, 0.6) is 17.2 Å². The van der Waals surface area contributed by atoms with E-state index < -0.39 is 15.8 Å². The van der Waals surface area contributed by atoms with Gasteiger partial charge < -0.3 is 14.4 Å². The summed E-state index contributed by atoms with van der Waals surface area (Å²) in [5.41, 5.74) is 2.96.